The number of nitrogens with zero attached hydrogens (tertiary/aromatic N) is 3. The monoisotopic (exact) mass is 375 g/mol. The summed E-state index contributed by atoms with van der Waals surface area (Å²) in [6, 6.07) is 4.34. The van der Waals surface area contributed by atoms with Gasteiger partial charge < -0.3 is 0 Å². The van der Waals surface area contributed by atoms with Crippen molar-refractivity contribution in [3.05, 3.63) is 68.2 Å². The lowest BCUT2D eigenvalue weighted by atomic mass is 9.81. The van der Waals surface area contributed by atoms with Crippen molar-refractivity contribution in [2.75, 3.05) is 0 Å². The van der Waals surface area contributed by atoms with Crippen LogP contribution < -0.4 is 0 Å². The van der Waals surface area contributed by atoms with Crippen LogP contribution in [0.3, 0.4) is 0 Å². The van der Waals surface area contributed by atoms with E-state index in [9.17, 15) is 0 Å². The molecule has 1 aromatic heterocycles. The van der Waals surface area contributed by atoms with Gasteiger partial charge in [-0.05, 0) is 65.5 Å². The van der Waals surface area contributed by atoms with Gasteiger partial charge in [0.25, 0.3) is 0 Å². The summed E-state index contributed by atoms with van der Waals surface area (Å²) in [6.45, 7) is 6.31. The molecular weight excluding hydrogens is 362 g/mol. The molecule has 0 aliphatic carbocycles. The molecule has 0 spiro atoms. The van der Waals surface area contributed by atoms with E-state index in [4.69, 9.17) is 16.6 Å². The zero-order chi connectivity index (χ0) is 15.9. The van der Waals surface area contributed by atoms with Crippen molar-refractivity contribution in [1.82, 2.24) is 9.97 Å². The minimum Gasteiger partial charge on any atom is -0.271 e. The van der Waals surface area contributed by atoms with Gasteiger partial charge in [-0.25, -0.2) is 9.97 Å². The number of aryl methyl sites for hydroxylation is 3. The SMILES string of the molecule is Cc1cc(C)c(C2(c3ncnc(Cl)c3Br)C=CC=N2)c(C)c1. The van der Waals surface area contributed by atoms with E-state index in [1.54, 1.807) is 6.21 Å². The second-order valence-corrected chi connectivity index (χ2v) is 6.66. The van der Waals surface area contributed by atoms with Crippen LogP contribution in [0.4, 0.5) is 0 Å². The highest BCUT2D eigenvalue weighted by Crippen LogP contribution is 2.43. The van der Waals surface area contributed by atoms with Gasteiger partial charge in [0.05, 0.1) is 10.2 Å². The van der Waals surface area contributed by atoms with Gasteiger partial charge in [0.1, 0.15) is 17.0 Å². The van der Waals surface area contributed by atoms with Crippen molar-refractivity contribution in [3.63, 3.8) is 0 Å². The number of halogens is 2. The number of hydrogen-bond acceptors (Lipinski definition) is 3. The standard InChI is InChI=1S/C17H15BrClN3/c1-10-7-11(2)13(12(3)8-10)17(5-4-6-22-17)15-14(18)16(19)21-9-20-15/h4-9H,1-3H3. The summed E-state index contributed by atoms with van der Waals surface area (Å²) in [4.78, 5) is 13.2. The Morgan fingerprint density at radius 1 is 1.09 bits per heavy atom. The summed E-state index contributed by atoms with van der Waals surface area (Å²) in [7, 11) is 0. The summed E-state index contributed by atoms with van der Waals surface area (Å²) in [5, 5.41) is 0.391. The molecule has 1 unspecified atom stereocenters. The Kier molecular flexibility index (Phi) is 3.91. The first kappa shape index (κ1) is 15.4. The van der Waals surface area contributed by atoms with Crippen molar-refractivity contribution in [2.24, 2.45) is 4.99 Å². The summed E-state index contributed by atoms with van der Waals surface area (Å²) in [5.74, 6) is 0. The second kappa shape index (κ2) is 5.60. The van der Waals surface area contributed by atoms with Gasteiger partial charge in [-0.2, -0.15) is 0 Å². The van der Waals surface area contributed by atoms with E-state index in [0.29, 0.717) is 9.63 Å². The molecule has 3 nitrogen and oxygen atoms in total. The largest absolute Gasteiger partial charge is 0.271 e. The average molecular weight is 377 g/mol. The molecule has 0 bridgehead atoms. The molecule has 112 valence electrons. The van der Waals surface area contributed by atoms with E-state index >= 15 is 0 Å². The third-order valence-electron chi connectivity index (χ3n) is 3.87. The van der Waals surface area contributed by atoms with Crippen LogP contribution >= 0.6 is 27.5 Å². The Morgan fingerprint density at radius 2 is 1.77 bits per heavy atom. The van der Waals surface area contributed by atoms with Crippen LogP contribution in [-0.2, 0) is 5.54 Å². The van der Waals surface area contributed by atoms with Crippen molar-refractivity contribution in [1.29, 1.82) is 0 Å². The van der Waals surface area contributed by atoms with Crippen molar-refractivity contribution < 1.29 is 0 Å². The molecular formula is C17H15BrClN3. The lowest BCUT2D eigenvalue weighted by molar-refractivity contribution is 0.653. The molecule has 22 heavy (non-hydrogen) atoms. The molecule has 2 aromatic rings. The van der Waals surface area contributed by atoms with Crippen molar-refractivity contribution in [2.45, 2.75) is 26.3 Å². The van der Waals surface area contributed by atoms with Crippen LogP contribution in [0.1, 0.15) is 27.9 Å². The van der Waals surface area contributed by atoms with Crippen LogP contribution in [0.15, 0.2) is 40.1 Å². The Morgan fingerprint density at radius 3 is 2.36 bits per heavy atom. The van der Waals surface area contributed by atoms with Crippen LogP contribution in [0, 0.1) is 20.8 Å². The molecule has 1 atom stereocenters. The first-order chi connectivity index (χ1) is 10.5. The van der Waals surface area contributed by atoms with Crippen LogP contribution in [-0.4, -0.2) is 16.2 Å². The normalized spacial score (nSPS) is 19.9. The zero-order valence-electron chi connectivity index (χ0n) is 12.6. The van der Waals surface area contributed by atoms with Gasteiger partial charge in [-0.3, -0.25) is 4.99 Å². The third kappa shape index (κ3) is 2.31. The highest BCUT2D eigenvalue weighted by atomic mass is 79.9. The van der Waals surface area contributed by atoms with E-state index in [1.165, 1.54) is 23.0 Å². The van der Waals surface area contributed by atoms with Crippen molar-refractivity contribution in [3.8, 4) is 0 Å². The van der Waals surface area contributed by atoms with E-state index < -0.39 is 5.54 Å². The van der Waals surface area contributed by atoms with Gasteiger partial charge >= 0.3 is 0 Å². The number of aromatic nitrogens is 2. The van der Waals surface area contributed by atoms with Gasteiger partial charge in [0.2, 0.25) is 0 Å². The molecule has 0 radical (unpaired) electrons. The lowest BCUT2D eigenvalue weighted by Gasteiger charge is -2.29. The van der Waals surface area contributed by atoms with Gasteiger partial charge in [-0.1, -0.05) is 29.3 Å². The smallest absolute Gasteiger partial charge is 0.148 e. The second-order valence-electron chi connectivity index (χ2n) is 5.50. The number of rotatable bonds is 2. The van der Waals surface area contributed by atoms with Gasteiger partial charge in [0.15, 0.2) is 0 Å². The molecule has 0 saturated heterocycles. The Bertz CT molecular complexity index is 777. The first-order valence-electron chi connectivity index (χ1n) is 6.93. The van der Waals surface area contributed by atoms with Crippen molar-refractivity contribution >= 4 is 33.7 Å². The van der Waals surface area contributed by atoms with E-state index in [-0.39, 0.29) is 0 Å². The predicted octanol–water partition coefficient (Wildman–Crippen LogP) is 4.70. The number of allylic oxidation sites excluding steroid dienone is 1. The molecule has 0 amide bonds. The predicted molar refractivity (Wildman–Crippen MR) is 93.8 cm³/mol. The topological polar surface area (TPSA) is 38.1 Å². The highest BCUT2D eigenvalue weighted by molar-refractivity contribution is 9.10. The van der Waals surface area contributed by atoms with Crippen LogP contribution in [0.2, 0.25) is 5.15 Å². The molecule has 3 rings (SSSR count). The minimum absolute atomic E-state index is 0.391. The Labute approximate surface area is 143 Å². The van der Waals surface area contributed by atoms with Gasteiger partial charge in [-0.15, -0.1) is 0 Å². The lowest BCUT2D eigenvalue weighted by Crippen LogP contribution is -2.26. The van der Waals surface area contributed by atoms with E-state index in [0.717, 1.165) is 11.3 Å². The summed E-state index contributed by atoms with van der Waals surface area (Å²) < 4.78 is 0.680. The highest BCUT2D eigenvalue weighted by Gasteiger charge is 2.39. The Hall–Kier alpha value is -1.52. The number of aliphatic imine (C=N–C) groups is 1. The molecule has 1 aliphatic rings. The molecule has 5 heteroatoms. The van der Waals surface area contributed by atoms with E-state index in [1.807, 2.05) is 6.08 Å². The number of hydrogen-bond donors (Lipinski definition) is 0. The molecule has 1 aromatic carbocycles. The first-order valence-corrected chi connectivity index (χ1v) is 8.10. The van der Waals surface area contributed by atoms with Crippen LogP contribution in [0.25, 0.3) is 0 Å². The number of benzene rings is 1. The molecule has 2 heterocycles. The molecule has 1 aliphatic heterocycles. The van der Waals surface area contributed by atoms with Gasteiger partial charge in [0, 0.05) is 6.21 Å². The minimum atomic E-state index is -0.659. The Balaban J connectivity index is 2.35. The fraction of sp³-hybridized carbons (Fsp3) is 0.235. The summed E-state index contributed by atoms with van der Waals surface area (Å²) in [6.07, 6.45) is 7.29. The third-order valence-corrected chi connectivity index (χ3v) is 5.13. The maximum atomic E-state index is 6.17. The average Bonchev–Trinajstić information content (AvgIpc) is 2.91. The maximum Gasteiger partial charge on any atom is 0.148 e. The fourth-order valence-corrected chi connectivity index (χ4v) is 3.83. The summed E-state index contributed by atoms with van der Waals surface area (Å²) in [5.41, 5.74) is 4.84. The van der Waals surface area contributed by atoms with Crippen LogP contribution in [0.5, 0.6) is 0 Å². The quantitative estimate of drug-likeness (QED) is 0.712. The van der Waals surface area contributed by atoms with E-state index in [2.05, 4.69) is 64.9 Å². The maximum absolute atomic E-state index is 6.17. The summed E-state index contributed by atoms with van der Waals surface area (Å²) >= 11 is 9.69. The molecule has 0 fully saturated rings. The zero-order valence-corrected chi connectivity index (χ0v) is 14.9. The molecule has 0 saturated carbocycles. The fourth-order valence-electron chi connectivity index (χ4n) is 3.19. The molecule has 0 N–H and O–H groups in total.